The summed E-state index contributed by atoms with van der Waals surface area (Å²) in [4.78, 5) is 17.2. The van der Waals surface area contributed by atoms with Gasteiger partial charge in [-0.15, -0.1) is 0 Å². The highest BCUT2D eigenvalue weighted by atomic mass is 16.5. The molecule has 2 aliphatic heterocycles. The molecular formula is C23H29N3O2. The Labute approximate surface area is 167 Å². The lowest BCUT2D eigenvalue weighted by atomic mass is 9.77. The Morgan fingerprint density at radius 3 is 2.61 bits per heavy atom. The SMILES string of the molecule is Cc1noc(C)c1CN1CC2(CCN(C/C=C/c3ccccc3)CC2)CC1=O. The molecule has 148 valence electrons. The molecule has 0 radical (unpaired) electrons. The smallest absolute Gasteiger partial charge is 0.223 e. The van der Waals surface area contributed by atoms with Gasteiger partial charge in [0.2, 0.25) is 5.91 Å². The number of aromatic nitrogens is 1. The quantitative estimate of drug-likeness (QED) is 0.792. The van der Waals surface area contributed by atoms with Crippen LogP contribution < -0.4 is 0 Å². The lowest BCUT2D eigenvalue weighted by Gasteiger charge is -2.38. The Kier molecular flexibility index (Phi) is 5.36. The topological polar surface area (TPSA) is 49.6 Å². The van der Waals surface area contributed by atoms with Crippen LogP contribution in [0.3, 0.4) is 0 Å². The highest BCUT2D eigenvalue weighted by Gasteiger charge is 2.44. The highest BCUT2D eigenvalue weighted by molar-refractivity contribution is 5.79. The van der Waals surface area contributed by atoms with Crippen molar-refractivity contribution < 1.29 is 9.32 Å². The summed E-state index contributed by atoms with van der Waals surface area (Å²) in [5.41, 5.74) is 3.35. The maximum absolute atomic E-state index is 12.7. The molecule has 2 aromatic rings. The number of piperidine rings is 1. The first kappa shape index (κ1) is 18.9. The monoisotopic (exact) mass is 379 g/mol. The summed E-state index contributed by atoms with van der Waals surface area (Å²) in [7, 11) is 0. The first-order valence-corrected chi connectivity index (χ1v) is 10.2. The van der Waals surface area contributed by atoms with Crippen molar-refractivity contribution >= 4 is 12.0 Å². The zero-order valence-electron chi connectivity index (χ0n) is 16.9. The van der Waals surface area contributed by atoms with Crippen molar-refractivity contribution in [3.8, 4) is 0 Å². The average molecular weight is 380 g/mol. The van der Waals surface area contributed by atoms with Crippen LogP contribution in [0.5, 0.6) is 0 Å². The van der Waals surface area contributed by atoms with Crippen molar-refractivity contribution in [1.82, 2.24) is 15.0 Å². The number of carbonyl (C=O) groups is 1. The maximum Gasteiger partial charge on any atom is 0.223 e. The van der Waals surface area contributed by atoms with Gasteiger partial charge in [-0.2, -0.15) is 0 Å². The van der Waals surface area contributed by atoms with Gasteiger partial charge < -0.3 is 9.42 Å². The number of carbonyl (C=O) groups excluding carboxylic acids is 1. The third kappa shape index (κ3) is 4.04. The Hall–Kier alpha value is -2.40. The van der Waals surface area contributed by atoms with Crippen molar-refractivity contribution in [3.63, 3.8) is 0 Å². The number of benzene rings is 1. The zero-order valence-corrected chi connectivity index (χ0v) is 16.9. The number of aryl methyl sites for hydroxylation is 2. The summed E-state index contributed by atoms with van der Waals surface area (Å²) >= 11 is 0. The van der Waals surface area contributed by atoms with Crippen LogP contribution in [0.4, 0.5) is 0 Å². The first-order valence-electron chi connectivity index (χ1n) is 10.2. The van der Waals surface area contributed by atoms with Gasteiger partial charge in [0.15, 0.2) is 0 Å². The van der Waals surface area contributed by atoms with Gasteiger partial charge in [0.1, 0.15) is 5.76 Å². The molecule has 1 spiro atoms. The van der Waals surface area contributed by atoms with Crippen molar-refractivity contribution in [3.05, 3.63) is 59.0 Å². The molecule has 0 atom stereocenters. The molecule has 3 heterocycles. The van der Waals surface area contributed by atoms with Crippen LogP contribution in [0, 0.1) is 19.3 Å². The van der Waals surface area contributed by atoms with E-state index in [0.29, 0.717) is 13.0 Å². The van der Waals surface area contributed by atoms with E-state index in [1.807, 2.05) is 24.8 Å². The van der Waals surface area contributed by atoms with E-state index in [1.54, 1.807) is 0 Å². The molecule has 1 amide bonds. The average Bonchev–Trinajstić information content (AvgIpc) is 3.18. The Morgan fingerprint density at radius 1 is 1.18 bits per heavy atom. The van der Waals surface area contributed by atoms with Gasteiger partial charge in [0, 0.05) is 25.1 Å². The van der Waals surface area contributed by atoms with E-state index in [0.717, 1.165) is 56.0 Å². The van der Waals surface area contributed by atoms with Crippen molar-refractivity contribution in [1.29, 1.82) is 0 Å². The summed E-state index contributed by atoms with van der Waals surface area (Å²) in [6.45, 7) is 8.46. The van der Waals surface area contributed by atoms with E-state index >= 15 is 0 Å². The lowest BCUT2D eigenvalue weighted by molar-refractivity contribution is -0.128. The van der Waals surface area contributed by atoms with Crippen LogP contribution in [-0.2, 0) is 11.3 Å². The summed E-state index contributed by atoms with van der Waals surface area (Å²) in [6.07, 6.45) is 7.31. The Morgan fingerprint density at radius 2 is 1.93 bits per heavy atom. The second kappa shape index (κ2) is 7.92. The second-order valence-corrected chi connectivity index (χ2v) is 8.34. The van der Waals surface area contributed by atoms with Gasteiger partial charge in [0.25, 0.3) is 0 Å². The fourth-order valence-electron chi connectivity index (χ4n) is 4.49. The van der Waals surface area contributed by atoms with Crippen LogP contribution in [0.1, 0.15) is 41.8 Å². The van der Waals surface area contributed by atoms with Crippen LogP contribution >= 0.6 is 0 Å². The molecule has 2 fully saturated rings. The largest absolute Gasteiger partial charge is 0.361 e. The highest BCUT2D eigenvalue weighted by Crippen LogP contribution is 2.41. The summed E-state index contributed by atoms with van der Waals surface area (Å²) in [5, 5.41) is 4.02. The zero-order chi connectivity index (χ0) is 19.6. The van der Waals surface area contributed by atoms with Crippen LogP contribution in [0.25, 0.3) is 6.08 Å². The van der Waals surface area contributed by atoms with E-state index in [4.69, 9.17) is 4.52 Å². The third-order valence-electron chi connectivity index (χ3n) is 6.33. The molecule has 1 aromatic heterocycles. The molecule has 0 aliphatic carbocycles. The van der Waals surface area contributed by atoms with Crippen molar-refractivity contribution in [2.45, 2.75) is 39.7 Å². The van der Waals surface area contributed by atoms with Crippen LogP contribution in [-0.4, -0.2) is 47.0 Å². The van der Waals surface area contributed by atoms with Crippen LogP contribution in [0.2, 0.25) is 0 Å². The summed E-state index contributed by atoms with van der Waals surface area (Å²) in [6, 6.07) is 10.4. The molecule has 1 aromatic carbocycles. The molecule has 28 heavy (non-hydrogen) atoms. The molecule has 4 rings (SSSR count). The van der Waals surface area contributed by atoms with E-state index in [1.165, 1.54) is 5.56 Å². The standard InChI is InChI=1S/C23H29N3O2/c1-18-21(19(2)28-24-18)16-26-17-23(15-22(26)27)10-13-25(14-11-23)12-6-9-20-7-4-3-5-8-20/h3-9H,10-17H2,1-2H3/b9-6+. The number of likely N-dealkylation sites (tertiary alicyclic amines) is 2. The van der Waals surface area contributed by atoms with E-state index in [2.05, 4.69) is 46.5 Å². The fourth-order valence-corrected chi connectivity index (χ4v) is 4.49. The van der Waals surface area contributed by atoms with Crippen molar-refractivity contribution in [2.24, 2.45) is 5.41 Å². The Balaban J connectivity index is 1.30. The predicted octanol–water partition coefficient (Wildman–Crippen LogP) is 3.82. The molecule has 5 nitrogen and oxygen atoms in total. The molecular weight excluding hydrogens is 350 g/mol. The number of nitrogens with zero attached hydrogens (tertiary/aromatic N) is 3. The molecule has 5 heteroatoms. The van der Waals surface area contributed by atoms with Gasteiger partial charge in [-0.05, 0) is 50.8 Å². The predicted molar refractivity (Wildman–Crippen MR) is 110 cm³/mol. The van der Waals surface area contributed by atoms with Gasteiger partial charge in [-0.1, -0.05) is 47.6 Å². The normalized spacial score (nSPS) is 19.9. The lowest BCUT2D eigenvalue weighted by Crippen LogP contribution is -2.41. The first-order chi connectivity index (χ1) is 13.5. The third-order valence-corrected chi connectivity index (χ3v) is 6.33. The number of amides is 1. The minimum absolute atomic E-state index is 0.149. The molecule has 0 unspecified atom stereocenters. The molecule has 0 N–H and O–H groups in total. The Bertz CT molecular complexity index is 828. The van der Waals surface area contributed by atoms with E-state index in [-0.39, 0.29) is 11.3 Å². The summed E-state index contributed by atoms with van der Waals surface area (Å²) < 4.78 is 5.26. The van der Waals surface area contributed by atoms with Gasteiger partial charge in [0.05, 0.1) is 12.2 Å². The van der Waals surface area contributed by atoms with Crippen LogP contribution in [0.15, 0.2) is 40.9 Å². The second-order valence-electron chi connectivity index (χ2n) is 8.34. The van der Waals surface area contributed by atoms with Gasteiger partial charge in [-0.3, -0.25) is 9.69 Å². The fraction of sp³-hybridized carbons (Fsp3) is 0.478. The maximum atomic E-state index is 12.7. The summed E-state index contributed by atoms with van der Waals surface area (Å²) in [5.74, 6) is 1.10. The number of hydrogen-bond acceptors (Lipinski definition) is 4. The van der Waals surface area contributed by atoms with Crippen molar-refractivity contribution in [2.75, 3.05) is 26.2 Å². The minimum Gasteiger partial charge on any atom is -0.361 e. The molecule has 0 bridgehead atoms. The minimum atomic E-state index is 0.149. The van der Waals surface area contributed by atoms with E-state index < -0.39 is 0 Å². The van der Waals surface area contributed by atoms with Gasteiger partial charge in [-0.25, -0.2) is 0 Å². The number of rotatable bonds is 5. The molecule has 2 saturated heterocycles. The molecule has 0 saturated carbocycles. The number of hydrogen-bond donors (Lipinski definition) is 0. The molecule has 2 aliphatic rings. The van der Waals surface area contributed by atoms with Gasteiger partial charge >= 0.3 is 0 Å². The van der Waals surface area contributed by atoms with E-state index in [9.17, 15) is 4.79 Å².